The molecule has 1 aromatic heterocycles. The predicted molar refractivity (Wildman–Crippen MR) is 95.8 cm³/mol. The van der Waals surface area contributed by atoms with Crippen LogP contribution in [-0.2, 0) is 6.54 Å². The monoisotopic (exact) mass is 322 g/mol. The highest BCUT2D eigenvalue weighted by molar-refractivity contribution is 5.82. The molecule has 0 aliphatic rings. The van der Waals surface area contributed by atoms with Gasteiger partial charge in [0.05, 0.1) is 17.6 Å². The normalized spacial score (nSPS) is 10.9. The van der Waals surface area contributed by atoms with Crippen LogP contribution in [0.3, 0.4) is 0 Å². The van der Waals surface area contributed by atoms with E-state index in [1.165, 1.54) is 11.1 Å². The quantitative estimate of drug-likeness (QED) is 0.480. The van der Waals surface area contributed by atoms with E-state index in [4.69, 9.17) is 4.74 Å². The average Bonchev–Trinajstić information content (AvgIpc) is 2.94. The molecule has 0 amide bonds. The Balaban J connectivity index is 1.56. The maximum Gasteiger partial charge on any atom is 0.185 e. The summed E-state index contributed by atoms with van der Waals surface area (Å²) in [6.45, 7) is 5.59. The predicted octanol–water partition coefficient (Wildman–Crippen LogP) is 4.32. The van der Waals surface area contributed by atoms with E-state index in [0.717, 1.165) is 42.5 Å². The molecule has 0 aliphatic carbocycles. The largest absolute Gasteiger partial charge is 0.493 e. The van der Waals surface area contributed by atoms with Gasteiger partial charge in [0, 0.05) is 6.54 Å². The summed E-state index contributed by atoms with van der Waals surface area (Å²) in [6.07, 6.45) is 2.69. The van der Waals surface area contributed by atoms with Crippen LogP contribution in [0.4, 0.5) is 0 Å². The summed E-state index contributed by atoms with van der Waals surface area (Å²) in [4.78, 5) is 15.6. The summed E-state index contributed by atoms with van der Waals surface area (Å²) < 4.78 is 7.85. The number of para-hydroxylation sites is 2. The number of carbonyl (C=O) groups excluding carboxylic acids is 1. The molecule has 0 fully saturated rings. The van der Waals surface area contributed by atoms with Crippen LogP contribution in [0.25, 0.3) is 11.0 Å². The number of hydrogen-bond acceptors (Lipinski definition) is 3. The molecular formula is C20H22N2O2. The first-order chi connectivity index (χ1) is 11.7. The van der Waals surface area contributed by atoms with Crippen molar-refractivity contribution < 1.29 is 9.53 Å². The third kappa shape index (κ3) is 3.48. The van der Waals surface area contributed by atoms with Crippen LogP contribution in [0.5, 0.6) is 5.75 Å². The first-order valence-electron chi connectivity index (χ1n) is 8.29. The summed E-state index contributed by atoms with van der Waals surface area (Å²) in [5, 5.41) is 0. The maximum atomic E-state index is 11.2. The van der Waals surface area contributed by atoms with Gasteiger partial charge in [-0.05, 0) is 50.5 Å². The Morgan fingerprint density at radius 2 is 1.96 bits per heavy atom. The summed E-state index contributed by atoms with van der Waals surface area (Å²) in [7, 11) is 0. The lowest BCUT2D eigenvalue weighted by Crippen LogP contribution is -2.05. The second-order valence-corrected chi connectivity index (χ2v) is 6.05. The van der Waals surface area contributed by atoms with Crippen LogP contribution < -0.4 is 4.74 Å². The van der Waals surface area contributed by atoms with Crippen molar-refractivity contribution in [3.05, 3.63) is 59.4 Å². The number of benzene rings is 2. The molecule has 0 bridgehead atoms. The summed E-state index contributed by atoms with van der Waals surface area (Å²) in [5.74, 6) is 1.44. The van der Waals surface area contributed by atoms with E-state index in [9.17, 15) is 4.79 Å². The zero-order valence-corrected chi connectivity index (χ0v) is 14.2. The smallest absolute Gasteiger partial charge is 0.185 e. The van der Waals surface area contributed by atoms with Gasteiger partial charge in [-0.25, -0.2) is 4.98 Å². The second-order valence-electron chi connectivity index (χ2n) is 6.05. The van der Waals surface area contributed by atoms with Crippen molar-refractivity contribution in [2.24, 2.45) is 0 Å². The SMILES string of the molecule is Cc1ccc(OCCCCn2c(C=O)nc3ccccc32)c(C)c1. The summed E-state index contributed by atoms with van der Waals surface area (Å²) >= 11 is 0. The Labute approximate surface area is 142 Å². The molecule has 0 radical (unpaired) electrons. The Bertz CT molecular complexity index is 852. The van der Waals surface area contributed by atoms with Crippen molar-refractivity contribution >= 4 is 17.3 Å². The number of hydrogen-bond donors (Lipinski definition) is 0. The van der Waals surface area contributed by atoms with Crippen molar-refractivity contribution in [2.45, 2.75) is 33.2 Å². The highest BCUT2D eigenvalue weighted by Crippen LogP contribution is 2.19. The van der Waals surface area contributed by atoms with Crippen molar-refractivity contribution in [1.29, 1.82) is 0 Å². The number of fused-ring (bicyclic) bond motifs is 1. The molecule has 0 N–H and O–H groups in total. The van der Waals surface area contributed by atoms with Crippen LogP contribution in [0, 0.1) is 13.8 Å². The minimum atomic E-state index is 0.492. The Hall–Kier alpha value is -2.62. The van der Waals surface area contributed by atoms with E-state index < -0.39 is 0 Å². The highest BCUT2D eigenvalue weighted by Gasteiger charge is 2.09. The molecule has 0 saturated heterocycles. The molecule has 24 heavy (non-hydrogen) atoms. The van der Waals surface area contributed by atoms with Gasteiger partial charge in [0.2, 0.25) is 0 Å². The number of rotatable bonds is 7. The minimum absolute atomic E-state index is 0.492. The molecule has 4 nitrogen and oxygen atoms in total. The molecule has 0 aliphatic heterocycles. The molecule has 3 aromatic rings. The summed E-state index contributed by atoms with van der Waals surface area (Å²) in [6, 6.07) is 14.1. The highest BCUT2D eigenvalue weighted by atomic mass is 16.5. The van der Waals surface area contributed by atoms with Crippen LogP contribution >= 0.6 is 0 Å². The van der Waals surface area contributed by atoms with Gasteiger partial charge in [0.15, 0.2) is 12.1 Å². The van der Waals surface area contributed by atoms with Crippen molar-refractivity contribution in [3.8, 4) is 5.75 Å². The Morgan fingerprint density at radius 3 is 2.75 bits per heavy atom. The van der Waals surface area contributed by atoms with E-state index in [1.54, 1.807) is 0 Å². The third-order valence-corrected chi connectivity index (χ3v) is 4.15. The zero-order valence-electron chi connectivity index (χ0n) is 14.2. The zero-order chi connectivity index (χ0) is 16.9. The fourth-order valence-electron chi connectivity index (χ4n) is 2.93. The number of ether oxygens (including phenoxy) is 1. The number of nitrogens with zero attached hydrogens (tertiary/aromatic N) is 2. The lowest BCUT2D eigenvalue weighted by Gasteiger charge is -2.10. The molecule has 0 unspecified atom stereocenters. The number of imidazole rings is 1. The number of aldehydes is 1. The van der Waals surface area contributed by atoms with Crippen LogP contribution in [-0.4, -0.2) is 22.4 Å². The van der Waals surface area contributed by atoms with Crippen molar-refractivity contribution in [3.63, 3.8) is 0 Å². The fourth-order valence-corrected chi connectivity index (χ4v) is 2.93. The number of aromatic nitrogens is 2. The van der Waals surface area contributed by atoms with Gasteiger partial charge in [-0.15, -0.1) is 0 Å². The van der Waals surface area contributed by atoms with E-state index in [2.05, 4.69) is 31.0 Å². The van der Waals surface area contributed by atoms with Gasteiger partial charge in [-0.1, -0.05) is 29.8 Å². The van der Waals surface area contributed by atoms with E-state index in [0.29, 0.717) is 12.4 Å². The topological polar surface area (TPSA) is 44.1 Å². The van der Waals surface area contributed by atoms with Crippen molar-refractivity contribution in [2.75, 3.05) is 6.61 Å². The molecule has 0 spiro atoms. The molecule has 0 atom stereocenters. The minimum Gasteiger partial charge on any atom is -0.493 e. The van der Waals surface area contributed by atoms with Crippen molar-refractivity contribution in [1.82, 2.24) is 9.55 Å². The van der Waals surface area contributed by atoms with Gasteiger partial charge < -0.3 is 9.30 Å². The van der Waals surface area contributed by atoms with E-state index >= 15 is 0 Å². The van der Waals surface area contributed by atoms with E-state index in [1.807, 2.05) is 34.9 Å². The second kappa shape index (κ2) is 7.30. The van der Waals surface area contributed by atoms with Gasteiger partial charge >= 0.3 is 0 Å². The van der Waals surface area contributed by atoms with E-state index in [-0.39, 0.29) is 0 Å². The van der Waals surface area contributed by atoms with Crippen LogP contribution in [0.2, 0.25) is 0 Å². The lowest BCUT2D eigenvalue weighted by molar-refractivity contribution is 0.111. The molecule has 2 aromatic carbocycles. The van der Waals surface area contributed by atoms with Crippen LogP contribution in [0.1, 0.15) is 34.6 Å². The molecular weight excluding hydrogens is 300 g/mol. The van der Waals surface area contributed by atoms with Gasteiger partial charge in [0.25, 0.3) is 0 Å². The van der Waals surface area contributed by atoms with Gasteiger partial charge in [-0.3, -0.25) is 4.79 Å². The van der Waals surface area contributed by atoms with Gasteiger partial charge in [-0.2, -0.15) is 0 Å². The maximum absolute atomic E-state index is 11.2. The van der Waals surface area contributed by atoms with Gasteiger partial charge in [0.1, 0.15) is 5.75 Å². The number of carbonyl (C=O) groups is 1. The lowest BCUT2D eigenvalue weighted by atomic mass is 10.1. The molecule has 1 heterocycles. The average molecular weight is 322 g/mol. The first-order valence-corrected chi connectivity index (χ1v) is 8.29. The summed E-state index contributed by atoms with van der Waals surface area (Å²) in [5.41, 5.74) is 4.29. The molecule has 0 saturated carbocycles. The molecule has 4 heteroatoms. The fraction of sp³-hybridized carbons (Fsp3) is 0.300. The molecule has 124 valence electrons. The number of unbranched alkanes of at least 4 members (excludes halogenated alkanes) is 1. The Kier molecular flexibility index (Phi) is 4.94. The Morgan fingerprint density at radius 1 is 1.12 bits per heavy atom. The number of aryl methyl sites for hydroxylation is 3. The standard InChI is InChI=1S/C20H22N2O2/c1-15-9-10-19(16(2)13-15)24-12-6-5-11-22-18-8-4-3-7-17(18)21-20(22)14-23/h3-4,7-10,13-14H,5-6,11-12H2,1-2H3. The first kappa shape index (κ1) is 16.2. The third-order valence-electron chi connectivity index (χ3n) is 4.15. The molecule has 3 rings (SSSR count). The van der Waals surface area contributed by atoms with Crippen LogP contribution in [0.15, 0.2) is 42.5 Å².